The summed E-state index contributed by atoms with van der Waals surface area (Å²) in [5.41, 5.74) is 3.98. The number of fused-ring (bicyclic) bond motifs is 1. The van der Waals surface area contributed by atoms with Gasteiger partial charge in [0.05, 0.1) is 5.56 Å². The topological polar surface area (TPSA) is 37.3 Å². The van der Waals surface area contributed by atoms with Gasteiger partial charge in [-0.15, -0.1) is 0 Å². The highest BCUT2D eigenvalue weighted by atomic mass is 16.3. The Kier molecular flexibility index (Phi) is 2.30. The smallest absolute Gasteiger partial charge is 0.196 e. The highest BCUT2D eigenvalue weighted by Crippen LogP contribution is 2.31. The molecule has 0 unspecified atom stereocenters. The fourth-order valence-corrected chi connectivity index (χ4v) is 2.12. The number of carbonyl (C=O) groups excluding carboxylic acids is 1. The van der Waals surface area contributed by atoms with Gasteiger partial charge in [0, 0.05) is 5.56 Å². The number of phenols is 1. The van der Waals surface area contributed by atoms with E-state index in [1.54, 1.807) is 18.2 Å². The van der Waals surface area contributed by atoms with E-state index in [1.807, 2.05) is 37.3 Å². The van der Waals surface area contributed by atoms with Crippen LogP contribution < -0.4 is 0 Å². The molecule has 1 N–H and O–H groups in total. The van der Waals surface area contributed by atoms with Crippen LogP contribution in [0.3, 0.4) is 0 Å². The second kappa shape index (κ2) is 3.84. The molecular formula is C16H12O2. The predicted octanol–water partition coefficient (Wildman–Crippen LogP) is 3.42. The summed E-state index contributed by atoms with van der Waals surface area (Å²) in [7, 11) is 0. The molecule has 88 valence electrons. The van der Waals surface area contributed by atoms with Crippen LogP contribution in [0.4, 0.5) is 0 Å². The second-order valence-electron chi connectivity index (χ2n) is 4.53. The van der Waals surface area contributed by atoms with E-state index in [-0.39, 0.29) is 11.5 Å². The van der Waals surface area contributed by atoms with Gasteiger partial charge in [-0.1, -0.05) is 35.9 Å². The fourth-order valence-electron chi connectivity index (χ4n) is 2.12. The third kappa shape index (κ3) is 1.63. The van der Waals surface area contributed by atoms with E-state index in [0.717, 1.165) is 16.7 Å². The molecule has 0 radical (unpaired) electrons. The van der Waals surface area contributed by atoms with Gasteiger partial charge in [0.25, 0.3) is 0 Å². The van der Waals surface area contributed by atoms with Gasteiger partial charge in [-0.2, -0.15) is 0 Å². The van der Waals surface area contributed by atoms with E-state index in [2.05, 4.69) is 0 Å². The van der Waals surface area contributed by atoms with Crippen molar-refractivity contribution < 1.29 is 9.90 Å². The van der Waals surface area contributed by atoms with E-state index < -0.39 is 0 Å². The molecule has 0 fully saturated rings. The zero-order chi connectivity index (χ0) is 12.7. The largest absolute Gasteiger partial charge is 0.507 e. The second-order valence-corrected chi connectivity index (χ2v) is 4.53. The first-order chi connectivity index (χ1) is 8.65. The van der Waals surface area contributed by atoms with Crippen LogP contribution in [0.5, 0.6) is 5.75 Å². The number of hydrogen-bond donors (Lipinski definition) is 1. The molecule has 0 amide bonds. The molecule has 0 aliphatic heterocycles. The van der Waals surface area contributed by atoms with E-state index >= 15 is 0 Å². The minimum atomic E-state index is -0.140. The number of ketones is 1. The van der Waals surface area contributed by atoms with E-state index in [4.69, 9.17) is 0 Å². The zero-order valence-electron chi connectivity index (χ0n) is 9.97. The Balaban J connectivity index is 2.06. The maximum Gasteiger partial charge on any atom is 0.196 e. The number of aryl methyl sites for hydroxylation is 1. The molecule has 0 spiro atoms. The molecule has 2 aromatic carbocycles. The van der Waals surface area contributed by atoms with Crippen LogP contribution in [-0.4, -0.2) is 10.9 Å². The van der Waals surface area contributed by atoms with Crippen LogP contribution in [0.25, 0.3) is 12.2 Å². The lowest BCUT2D eigenvalue weighted by Gasteiger charge is -2.13. The van der Waals surface area contributed by atoms with Crippen molar-refractivity contribution in [2.45, 2.75) is 6.92 Å². The summed E-state index contributed by atoms with van der Waals surface area (Å²) in [6.07, 6.45) is 3.85. The molecule has 0 atom stereocenters. The quantitative estimate of drug-likeness (QED) is 0.692. The number of carbonyl (C=O) groups is 1. The average molecular weight is 236 g/mol. The zero-order valence-corrected chi connectivity index (χ0v) is 9.97. The first-order valence-corrected chi connectivity index (χ1v) is 5.81. The van der Waals surface area contributed by atoms with Crippen molar-refractivity contribution in [2.75, 3.05) is 0 Å². The number of phenolic OH excluding ortho intramolecular Hbond substituents is 1. The van der Waals surface area contributed by atoms with Gasteiger partial charge >= 0.3 is 0 Å². The first kappa shape index (κ1) is 10.8. The van der Waals surface area contributed by atoms with Crippen LogP contribution in [0, 0.1) is 6.92 Å². The third-order valence-corrected chi connectivity index (χ3v) is 3.17. The van der Waals surface area contributed by atoms with Crippen LogP contribution in [0.2, 0.25) is 0 Å². The van der Waals surface area contributed by atoms with Crippen molar-refractivity contribution in [1.29, 1.82) is 0 Å². The number of hydrogen-bond acceptors (Lipinski definition) is 2. The van der Waals surface area contributed by atoms with Crippen LogP contribution >= 0.6 is 0 Å². The van der Waals surface area contributed by atoms with Gasteiger partial charge in [-0.25, -0.2) is 0 Å². The molecule has 0 saturated carbocycles. The van der Waals surface area contributed by atoms with Crippen LogP contribution in [0.1, 0.15) is 32.6 Å². The number of benzene rings is 2. The Morgan fingerprint density at radius 3 is 2.44 bits per heavy atom. The Labute approximate surface area is 105 Å². The van der Waals surface area contributed by atoms with Crippen LogP contribution in [-0.2, 0) is 0 Å². The van der Waals surface area contributed by atoms with Gasteiger partial charge in [-0.3, -0.25) is 4.79 Å². The standard InChI is InChI=1S/C16H12O2/c1-10-3-2-4-13(7-10)16(18)14-8-11-5-6-12(11)9-15(14)17/h2-9,17H,1H3. The highest BCUT2D eigenvalue weighted by Gasteiger charge is 2.17. The normalized spacial score (nSPS) is 11.8. The molecule has 2 aromatic rings. The molecule has 0 heterocycles. The van der Waals surface area contributed by atoms with Crippen molar-refractivity contribution >= 4 is 17.9 Å². The molecule has 0 bridgehead atoms. The van der Waals surface area contributed by atoms with Crippen molar-refractivity contribution in [1.82, 2.24) is 0 Å². The molecular weight excluding hydrogens is 224 g/mol. The lowest BCUT2D eigenvalue weighted by Crippen LogP contribution is -2.04. The molecule has 3 rings (SSSR count). The van der Waals surface area contributed by atoms with Crippen molar-refractivity contribution in [2.24, 2.45) is 0 Å². The minimum absolute atomic E-state index is 0.0459. The Hall–Kier alpha value is -2.35. The van der Waals surface area contributed by atoms with Gasteiger partial charge in [0.1, 0.15) is 5.75 Å². The summed E-state index contributed by atoms with van der Waals surface area (Å²) in [6, 6.07) is 10.8. The Bertz CT molecular complexity index is 681. The summed E-state index contributed by atoms with van der Waals surface area (Å²) in [4.78, 5) is 12.3. The van der Waals surface area contributed by atoms with Crippen LogP contribution in [0.15, 0.2) is 36.4 Å². The van der Waals surface area contributed by atoms with Crippen molar-refractivity contribution in [3.63, 3.8) is 0 Å². The molecule has 2 heteroatoms. The monoisotopic (exact) mass is 236 g/mol. The first-order valence-electron chi connectivity index (χ1n) is 5.81. The van der Waals surface area contributed by atoms with Gasteiger partial charge in [-0.05, 0) is 36.2 Å². The highest BCUT2D eigenvalue weighted by molar-refractivity contribution is 6.11. The van der Waals surface area contributed by atoms with Gasteiger partial charge in [0.15, 0.2) is 5.78 Å². The summed E-state index contributed by atoms with van der Waals surface area (Å²) in [6.45, 7) is 1.94. The molecule has 0 aromatic heterocycles. The number of aromatic hydroxyl groups is 1. The third-order valence-electron chi connectivity index (χ3n) is 3.17. The summed E-state index contributed by atoms with van der Waals surface area (Å²) >= 11 is 0. The SMILES string of the molecule is Cc1cccc(C(=O)c2cc3c(cc2O)C=C3)c1. The lowest BCUT2D eigenvalue weighted by molar-refractivity contribution is 0.103. The lowest BCUT2D eigenvalue weighted by atomic mass is 9.91. The fraction of sp³-hybridized carbons (Fsp3) is 0.0625. The van der Waals surface area contributed by atoms with E-state index in [9.17, 15) is 9.90 Å². The van der Waals surface area contributed by atoms with E-state index in [1.165, 1.54) is 0 Å². The van der Waals surface area contributed by atoms with Crippen molar-refractivity contribution in [3.8, 4) is 5.75 Å². The maximum absolute atomic E-state index is 12.3. The maximum atomic E-state index is 12.3. The van der Waals surface area contributed by atoms with Gasteiger partial charge < -0.3 is 5.11 Å². The molecule has 1 aliphatic rings. The van der Waals surface area contributed by atoms with Crippen molar-refractivity contribution in [3.05, 3.63) is 64.2 Å². The summed E-state index contributed by atoms with van der Waals surface area (Å²) in [5, 5.41) is 9.90. The average Bonchev–Trinajstić information content (AvgIpc) is 2.33. The molecule has 2 nitrogen and oxygen atoms in total. The van der Waals surface area contributed by atoms with E-state index in [0.29, 0.717) is 11.1 Å². The number of rotatable bonds is 2. The molecule has 0 saturated heterocycles. The summed E-state index contributed by atoms with van der Waals surface area (Å²) < 4.78 is 0. The molecule has 1 aliphatic carbocycles. The summed E-state index contributed by atoms with van der Waals surface area (Å²) in [5.74, 6) is -0.0936. The molecule has 18 heavy (non-hydrogen) atoms. The van der Waals surface area contributed by atoms with Gasteiger partial charge in [0.2, 0.25) is 0 Å². The minimum Gasteiger partial charge on any atom is -0.507 e. The Morgan fingerprint density at radius 1 is 1.06 bits per heavy atom. The predicted molar refractivity (Wildman–Crippen MR) is 71.6 cm³/mol. The Morgan fingerprint density at radius 2 is 1.78 bits per heavy atom.